The maximum Gasteiger partial charge on any atom is 0.290 e. The van der Waals surface area contributed by atoms with Crippen LogP contribution in [0.3, 0.4) is 0 Å². The van der Waals surface area contributed by atoms with Crippen molar-refractivity contribution in [2.24, 2.45) is 0 Å². The molecule has 154 valence electrons. The number of amides is 1. The third-order valence-corrected chi connectivity index (χ3v) is 5.31. The molecule has 0 spiro atoms. The zero-order valence-electron chi connectivity index (χ0n) is 16.9. The Bertz CT molecular complexity index is 1230. The molecule has 4 rings (SSSR count). The molecule has 0 fully saturated rings. The Morgan fingerprint density at radius 2 is 1.93 bits per heavy atom. The second kappa shape index (κ2) is 7.38. The van der Waals surface area contributed by atoms with Gasteiger partial charge in [0, 0.05) is 25.2 Å². The van der Waals surface area contributed by atoms with Crippen molar-refractivity contribution in [2.75, 3.05) is 27.2 Å². The van der Waals surface area contributed by atoms with E-state index in [1.807, 2.05) is 32.0 Å². The van der Waals surface area contributed by atoms with Crippen molar-refractivity contribution >= 4 is 22.6 Å². The summed E-state index contributed by atoms with van der Waals surface area (Å²) in [5, 5.41) is 11.7. The minimum Gasteiger partial charge on any atom is -0.450 e. The van der Waals surface area contributed by atoms with Crippen molar-refractivity contribution in [1.29, 1.82) is 0 Å². The van der Waals surface area contributed by atoms with Crippen LogP contribution < -0.4 is 5.43 Å². The molecule has 1 unspecified atom stereocenters. The van der Waals surface area contributed by atoms with Gasteiger partial charge in [-0.05, 0) is 38.7 Å². The fourth-order valence-electron chi connectivity index (χ4n) is 3.83. The summed E-state index contributed by atoms with van der Waals surface area (Å²) in [5.41, 5.74) is 1.61. The summed E-state index contributed by atoms with van der Waals surface area (Å²) in [4.78, 5) is 40.9. The van der Waals surface area contributed by atoms with Crippen LogP contribution >= 0.6 is 0 Å². The van der Waals surface area contributed by atoms with Crippen LogP contribution in [0.1, 0.15) is 33.3 Å². The number of likely N-dealkylation sites (N-methyl/N-ethyl adjacent to an activating group) is 1. The number of benzene rings is 2. The van der Waals surface area contributed by atoms with Gasteiger partial charge >= 0.3 is 0 Å². The number of non-ortho nitro benzene ring substituents is 1. The maximum atomic E-state index is 13.4. The van der Waals surface area contributed by atoms with Gasteiger partial charge in [-0.15, -0.1) is 0 Å². The minimum absolute atomic E-state index is 0.00613. The molecule has 0 radical (unpaired) electrons. The Kier molecular flexibility index (Phi) is 4.87. The number of aryl methyl sites for hydroxylation is 1. The first kappa shape index (κ1) is 19.8. The standard InChI is InChI=1S/C22H21N3O5/c1-13-7-8-17-16(11-13)20(26)18-19(14-5-4-6-15(12-14)25(28)29)24(10-9-23(2)3)22(27)21(18)30-17/h4-8,11-12,19H,9-10H2,1-3H3. The molecule has 1 aliphatic rings. The quantitative estimate of drug-likeness (QED) is 0.476. The number of fused-ring (bicyclic) bond motifs is 2. The molecular weight excluding hydrogens is 386 g/mol. The summed E-state index contributed by atoms with van der Waals surface area (Å²) in [6.07, 6.45) is 0. The highest BCUT2D eigenvalue weighted by atomic mass is 16.6. The Labute approximate surface area is 172 Å². The first-order valence-corrected chi connectivity index (χ1v) is 9.55. The van der Waals surface area contributed by atoms with Crippen LogP contribution in [-0.2, 0) is 0 Å². The Morgan fingerprint density at radius 3 is 2.63 bits per heavy atom. The number of hydrogen-bond donors (Lipinski definition) is 0. The van der Waals surface area contributed by atoms with Crippen LogP contribution in [0.4, 0.5) is 5.69 Å². The number of rotatable bonds is 5. The number of nitro benzene ring substituents is 1. The van der Waals surface area contributed by atoms with Gasteiger partial charge in [0.2, 0.25) is 5.76 Å². The van der Waals surface area contributed by atoms with E-state index in [9.17, 15) is 19.7 Å². The molecule has 0 aliphatic carbocycles. The van der Waals surface area contributed by atoms with Crippen molar-refractivity contribution in [3.05, 3.63) is 85.3 Å². The molecule has 8 nitrogen and oxygen atoms in total. The Balaban J connectivity index is 1.96. The topological polar surface area (TPSA) is 96.9 Å². The van der Waals surface area contributed by atoms with E-state index in [0.29, 0.717) is 29.6 Å². The summed E-state index contributed by atoms with van der Waals surface area (Å²) in [5.74, 6) is -0.380. The van der Waals surface area contributed by atoms with Crippen LogP contribution in [-0.4, -0.2) is 47.8 Å². The number of carbonyl (C=O) groups excluding carboxylic acids is 1. The molecule has 2 aromatic carbocycles. The first-order valence-electron chi connectivity index (χ1n) is 9.55. The van der Waals surface area contributed by atoms with Crippen LogP contribution in [0, 0.1) is 17.0 Å². The SMILES string of the molecule is Cc1ccc2oc3c(c(=O)c2c1)C(c1cccc([N+](=O)[O-])c1)N(CCN(C)C)C3=O. The van der Waals surface area contributed by atoms with Crippen molar-refractivity contribution < 1.29 is 14.1 Å². The van der Waals surface area contributed by atoms with Gasteiger partial charge in [-0.1, -0.05) is 23.8 Å². The van der Waals surface area contributed by atoms with Crippen LogP contribution in [0.2, 0.25) is 0 Å². The molecule has 30 heavy (non-hydrogen) atoms. The predicted molar refractivity (Wildman–Crippen MR) is 112 cm³/mol. The molecule has 1 atom stereocenters. The largest absolute Gasteiger partial charge is 0.450 e. The van der Waals surface area contributed by atoms with Crippen molar-refractivity contribution in [1.82, 2.24) is 9.80 Å². The third-order valence-electron chi connectivity index (χ3n) is 5.31. The molecular formula is C22H21N3O5. The van der Waals surface area contributed by atoms with E-state index in [4.69, 9.17) is 4.42 Å². The molecule has 8 heteroatoms. The van der Waals surface area contributed by atoms with Gasteiger partial charge in [0.15, 0.2) is 5.43 Å². The van der Waals surface area contributed by atoms with Crippen LogP contribution in [0.15, 0.2) is 51.7 Å². The number of carbonyl (C=O) groups is 1. The Morgan fingerprint density at radius 1 is 1.17 bits per heavy atom. The summed E-state index contributed by atoms with van der Waals surface area (Å²) >= 11 is 0. The van der Waals surface area contributed by atoms with Gasteiger partial charge < -0.3 is 14.2 Å². The van der Waals surface area contributed by atoms with Crippen molar-refractivity contribution in [3.8, 4) is 0 Å². The first-order chi connectivity index (χ1) is 14.3. The molecule has 1 aliphatic heterocycles. The molecule has 0 bridgehead atoms. The summed E-state index contributed by atoms with van der Waals surface area (Å²) in [6.45, 7) is 2.79. The predicted octanol–water partition coefficient (Wildman–Crippen LogP) is 3.12. The van der Waals surface area contributed by atoms with Crippen LogP contribution in [0.25, 0.3) is 11.0 Å². The Hall–Kier alpha value is -3.52. The lowest BCUT2D eigenvalue weighted by atomic mass is 9.97. The number of hydrogen-bond acceptors (Lipinski definition) is 6. The van der Waals surface area contributed by atoms with Gasteiger partial charge in [-0.3, -0.25) is 19.7 Å². The smallest absolute Gasteiger partial charge is 0.290 e. The van der Waals surface area contributed by atoms with Crippen molar-refractivity contribution in [3.63, 3.8) is 0 Å². The van der Waals surface area contributed by atoms with Crippen molar-refractivity contribution in [2.45, 2.75) is 13.0 Å². The van der Waals surface area contributed by atoms with Gasteiger partial charge in [-0.2, -0.15) is 0 Å². The van der Waals surface area contributed by atoms with E-state index in [1.165, 1.54) is 12.1 Å². The third kappa shape index (κ3) is 3.25. The minimum atomic E-state index is -0.742. The molecule has 1 amide bonds. The lowest BCUT2D eigenvalue weighted by Crippen LogP contribution is -2.35. The lowest BCUT2D eigenvalue weighted by Gasteiger charge is -2.26. The molecule has 0 saturated heterocycles. The zero-order chi connectivity index (χ0) is 21.6. The van der Waals surface area contributed by atoms with Crippen LogP contribution in [0.5, 0.6) is 0 Å². The van der Waals surface area contributed by atoms with E-state index in [-0.39, 0.29) is 28.3 Å². The zero-order valence-corrected chi connectivity index (χ0v) is 16.9. The van der Waals surface area contributed by atoms with Gasteiger partial charge in [0.1, 0.15) is 5.58 Å². The highest BCUT2D eigenvalue weighted by Gasteiger charge is 2.42. The number of nitro groups is 1. The van der Waals surface area contributed by atoms with E-state index < -0.39 is 11.0 Å². The molecule has 0 saturated carbocycles. The monoisotopic (exact) mass is 407 g/mol. The fraction of sp³-hybridized carbons (Fsp3) is 0.273. The molecule has 0 N–H and O–H groups in total. The fourth-order valence-corrected chi connectivity index (χ4v) is 3.83. The average Bonchev–Trinajstić information content (AvgIpc) is 2.99. The summed E-state index contributed by atoms with van der Waals surface area (Å²) in [6, 6.07) is 10.6. The molecule has 3 aromatic rings. The highest BCUT2D eigenvalue weighted by Crippen LogP contribution is 2.38. The summed E-state index contributed by atoms with van der Waals surface area (Å²) < 4.78 is 5.88. The summed E-state index contributed by atoms with van der Waals surface area (Å²) in [7, 11) is 3.77. The normalized spacial score (nSPS) is 15.8. The lowest BCUT2D eigenvalue weighted by molar-refractivity contribution is -0.384. The number of nitrogens with zero attached hydrogens (tertiary/aromatic N) is 3. The van der Waals surface area contributed by atoms with E-state index in [2.05, 4.69) is 0 Å². The second-order valence-electron chi connectivity index (χ2n) is 7.73. The van der Waals surface area contributed by atoms with Gasteiger partial charge in [0.05, 0.1) is 21.9 Å². The van der Waals surface area contributed by atoms with Gasteiger partial charge in [0.25, 0.3) is 11.6 Å². The van der Waals surface area contributed by atoms with Gasteiger partial charge in [-0.25, -0.2) is 0 Å². The second-order valence-corrected chi connectivity index (χ2v) is 7.73. The van der Waals surface area contributed by atoms with E-state index in [1.54, 1.807) is 29.2 Å². The van der Waals surface area contributed by atoms with E-state index in [0.717, 1.165) is 5.56 Å². The highest BCUT2D eigenvalue weighted by molar-refractivity contribution is 5.99. The molecule has 1 aromatic heterocycles. The average molecular weight is 407 g/mol. The molecule has 2 heterocycles. The van der Waals surface area contributed by atoms with E-state index >= 15 is 0 Å². The maximum absolute atomic E-state index is 13.4.